The van der Waals surface area contributed by atoms with E-state index in [2.05, 4.69) is 20.6 Å². The molecule has 1 aromatic rings. The van der Waals surface area contributed by atoms with Crippen molar-refractivity contribution < 1.29 is 14.7 Å². The number of aliphatic carboxylic acids is 1. The predicted molar refractivity (Wildman–Crippen MR) is 66.5 cm³/mol. The van der Waals surface area contributed by atoms with Crippen LogP contribution in [0.4, 0.5) is 0 Å². The summed E-state index contributed by atoms with van der Waals surface area (Å²) in [5.74, 6) is -0.450. The van der Waals surface area contributed by atoms with E-state index in [0.717, 1.165) is 12.8 Å². The van der Waals surface area contributed by atoms with Crippen LogP contribution in [0.5, 0.6) is 0 Å². The maximum Gasteiger partial charge on any atom is 0.306 e. The summed E-state index contributed by atoms with van der Waals surface area (Å²) in [6, 6.07) is 0. The lowest BCUT2D eigenvalue weighted by Gasteiger charge is -2.39. The summed E-state index contributed by atoms with van der Waals surface area (Å²) < 4.78 is 0. The standard InChI is InChI=1S/C12H17N5O3/c18-10(2-1-9-13-15-16-14-9)17-6-3-8(11(19)20)7-12(17)4-5-12/h8H,1-7H2,(H,19,20)(H,13,14,15,16). The highest BCUT2D eigenvalue weighted by atomic mass is 16.4. The molecule has 1 saturated carbocycles. The topological polar surface area (TPSA) is 112 Å². The van der Waals surface area contributed by atoms with Crippen molar-refractivity contribution >= 4 is 11.9 Å². The fourth-order valence-corrected chi connectivity index (χ4v) is 3.05. The quantitative estimate of drug-likeness (QED) is 0.801. The minimum Gasteiger partial charge on any atom is -0.481 e. The van der Waals surface area contributed by atoms with E-state index in [0.29, 0.717) is 38.1 Å². The fraction of sp³-hybridized carbons (Fsp3) is 0.750. The zero-order chi connectivity index (χ0) is 14.2. The van der Waals surface area contributed by atoms with Crippen LogP contribution in [-0.2, 0) is 16.0 Å². The van der Waals surface area contributed by atoms with Crippen molar-refractivity contribution in [2.75, 3.05) is 6.54 Å². The van der Waals surface area contributed by atoms with Gasteiger partial charge in [0.1, 0.15) is 0 Å². The molecule has 108 valence electrons. The van der Waals surface area contributed by atoms with Crippen molar-refractivity contribution in [2.24, 2.45) is 5.92 Å². The molecule has 0 bridgehead atoms. The van der Waals surface area contributed by atoms with Crippen LogP contribution in [0, 0.1) is 5.92 Å². The maximum absolute atomic E-state index is 12.3. The zero-order valence-corrected chi connectivity index (χ0v) is 11.1. The second-order valence-corrected chi connectivity index (χ2v) is 5.63. The summed E-state index contributed by atoms with van der Waals surface area (Å²) in [5, 5.41) is 22.6. The summed E-state index contributed by atoms with van der Waals surface area (Å²) in [6.45, 7) is 0.544. The number of piperidine rings is 1. The van der Waals surface area contributed by atoms with Crippen LogP contribution in [-0.4, -0.2) is 54.6 Å². The second-order valence-electron chi connectivity index (χ2n) is 5.63. The van der Waals surface area contributed by atoms with E-state index < -0.39 is 5.97 Å². The van der Waals surface area contributed by atoms with Crippen molar-refractivity contribution in [3.05, 3.63) is 5.82 Å². The number of rotatable bonds is 4. The Morgan fingerprint density at radius 3 is 2.85 bits per heavy atom. The molecule has 1 unspecified atom stereocenters. The highest BCUT2D eigenvalue weighted by molar-refractivity contribution is 5.79. The van der Waals surface area contributed by atoms with Crippen LogP contribution in [0.25, 0.3) is 0 Å². The SMILES string of the molecule is O=C(O)C1CCN(C(=O)CCc2nn[nH]n2)C2(CC2)C1. The van der Waals surface area contributed by atoms with E-state index in [1.54, 1.807) is 0 Å². The third kappa shape index (κ3) is 2.37. The predicted octanol–water partition coefficient (Wildman–Crippen LogP) is -0.0119. The Morgan fingerprint density at radius 1 is 1.45 bits per heavy atom. The number of aryl methyl sites for hydroxylation is 1. The molecule has 1 aromatic heterocycles. The zero-order valence-electron chi connectivity index (χ0n) is 11.1. The highest BCUT2D eigenvalue weighted by Crippen LogP contribution is 2.50. The van der Waals surface area contributed by atoms with Gasteiger partial charge in [-0.2, -0.15) is 5.21 Å². The summed E-state index contributed by atoms with van der Waals surface area (Å²) in [7, 11) is 0. The average molecular weight is 279 g/mol. The first-order chi connectivity index (χ1) is 9.61. The molecule has 1 spiro atoms. The minimum atomic E-state index is -0.741. The first-order valence-corrected chi connectivity index (χ1v) is 6.86. The normalized spacial score (nSPS) is 23.8. The van der Waals surface area contributed by atoms with Crippen LogP contribution in [0.1, 0.15) is 37.9 Å². The van der Waals surface area contributed by atoms with Gasteiger partial charge in [0, 0.05) is 24.9 Å². The molecule has 2 fully saturated rings. The van der Waals surface area contributed by atoms with Crippen molar-refractivity contribution in [1.29, 1.82) is 0 Å². The molecule has 1 saturated heterocycles. The summed E-state index contributed by atoms with van der Waals surface area (Å²) in [6.07, 6.45) is 3.79. The third-order valence-corrected chi connectivity index (χ3v) is 4.33. The average Bonchev–Trinajstić information content (AvgIpc) is 3.00. The number of hydrogen-bond acceptors (Lipinski definition) is 5. The molecule has 1 amide bonds. The number of hydrogen-bond donors (Lipinski definition) is 2. The number of carbonyl (C=O) groups excluding carboxylic acids is 1. The lowest BCUT2D eigenvalue weighted by molar-refractivity contribution is -0.148. The molecule has 0 radical (unpaired) electrons. The van der Waals surface area contributed by atoms with E-state index in [4.69, 9.17) is 5.11 Å². The molecular weight excluding hydrogens is 262 g/mol. The Labute approximate surface area is 115 Å². The number of tetrazole rings is 1. The number of H-pyrrole nitrogens is 1. The van der Waals surface area contributed by atoms with Gasteiger partial charge >= 0.3 is 5.97 Å². The molecule has 3 rings (SSSR count). The number of likely N-dealkylation sites (tertiary alicyclic amines) is 1. The van der Waals surface area contributed by atoms with Gasteiger partial charge in [-0.05, 0) is 25.7 Å². The second kappa shape index (κ2) is 4.84. The third-order valence-electron chi connectivity index (χ3n) is 4.33. The van der Waals surface area contributed by atoms with Crippen LogP contribution in [0.15, 0.2) is 0 Å². The van der Waals surface area contributed by atoms with E-state index >= 15 is 0 Å². The molecule has 8 heteroatoms. The molecule has 1 aliphatic carbocycles. The van der Waals surface area contributed by atoms with Crippen molar-refractivity contribution in [1.82, 2.24) is 25.5 Å². The van der Waals surface area contributed by atoms with E-state index in [1.807, 2.05) is 4.90 Å². The smallest absolute Gasteiger partial charge is 0.306 e. The molecule has 2 heterocycles. The molecule has 2 aliphatic rings. The number of carboxylic acids is 1. The van der Waals surface area contributed by atoms with Crippen LogP contribution in [0.3, 0.4) is 0 Å². The van der Waals surface area contributed by atoms with Gasteiger partial charge in [-0.3, -0.25) is 9.59 Å². The summed E-state index contributed by atoms with van der Waals surface area (Å²) in [4.78, 5) is 25.3. The van der Waals surface area contributed by atoms with Crippen LogP contribution >= 0.6 is 0 Å². The van der Waals surface area contributed by atoms with E-state index in [1.165, 1.54) is 0 Å². The van der Waals surface area contributed by atoms with Crippen molar-refractivity contribution in [3.8, 4) is 0 Å². The van der Waals surface area contributed by atoms with Gasteiger partial charge in [0.25, 0.3) is 0 Å². The number of aromatic amines is 1. The number of amides is 1. The van der Waals surface area contributed by atoms with Gasteiger partial charge in [0.15, 0.2) is 5.82 Å². The number of carbonyl (C=O) groups is 2. The Bertz CT molecular complexity index is 511. The molecular formula is C12H17N5O3. The van der Waals surface area contributed by atoms with Gasteiger partial charge in [0.2, 0.25) is 5.91 Å². The molecule has 1 atom stereocenters. The lowest BCUT2D eigenvalue weighted by Crippen LogP contribution is -2.49. The first-order valence-electron chi connectivity index (χ1n) is 6.86. The first kappa shape index (κ1) is 13.0. The lowest BCUT2D eigenvalue weighted by atomic mass is 9.88. The maximum atomic E-state index is 12.3. The summed E-state index contributed by atoms with van der Waals surface area (Å²) in [5.41, 5.74) is -0.185. The Hall–Kier alpha value is -1.99. The Kier molecular flexibility index (Phi) is 3.15. The van der Waals surface area contributed by atoms with Crippen molar-refractivity contribution in [3.63, 3.8) is 0 Å². The van der Waals surface area contributed by atoms with Crippen molar-refractivity contribution in [2.45, 2.75) is 44.1 Å². The number of aromatic nitrogens is 4. The van der Waals surface area contributed by atoms with Gasteiger partial charge in [0.05, 0.1) is 5.92 Å². The number of carboxylic acid groups (broad SMARTS) is 1. The monoisotopic (exact) mass is 279 g/mol. The van der Waals surface area contributed by atoms with E-state index in [-0.39, 0.29) is 17.4 Å². The largest absolute Gasteiger partial charge is 0.481 e. The van der Waals surface area contributed by atoms with Gasteiger partial charge in [-0.15, -0.1) is 10.2 Å². The van der Waals surface area contributed by atoms with E-state index in [9.17, 15) is 9.59 Å². The van der Waals surface area contributed by atoms with Gasteiger partial charge in [-0.1, -0.05) is 5.21 Å². The van der Waals surface area contributed by atoms with Gasteiger partial charge in [-0.25, -0.2) is 0 Å². The molecule has 8 nitrogen and oxygen atoms in total. The van der Waals surface area contributed by atoms with Crippen LogP contribution < -0.4 is 0 Å². The fourth-order valence-electron chi connectivity index (χ4n) is 3.05. The number of nitrogens with one attached hydrogen (secondary N) is 1. The molecule has 0 aromatic carbocycles. The Balaban J connectivity index is 1.60. The van der Waals surface area contributed by atoms with Gasteiger partial charge < -0.3 is 10.0 Å². The van der Waals surface area contributed by atoms with Crippen LogP contribution in [0.2, 0.25) is 0 Å². The molecule has 2 N–H and O–H groups in total. The molecule has 20 heavy (non-hydrogen) atoms. The summed E-state index contributed by atoms with van der Waals surface area (Å²) >= 11 is 0. The minimum absolute atomic E-state index is 0.0659. The highest BCUT2D eigenvalue weighted by Gasteiger charge is 2.54. The Morgan fingerprint density at radius 2 is 2.25 bits per heavy atom. The molecule has 1 aliphatic heterocycles. The number of nitrogens with zero attached hydrogens (tertiary/aromatic N) is 4.